The Morgan fingerprint density at radius 3 is 2.48 bits per heavy atom. The lowest BCUT2D eigenvalue weighted by Gasteiger charge is -2.20. The van der Waals surface area contributed by atoms with E-state index in [4.69, 9.17) is 4.74 Å². The van der Waals surface area contributed by atoms with Gasteiger partial charge in [-0.05, 0) is 36.6 Å². The molecular weight excluding hydrogens is 340 g/mol. The predicted octanol–water partition coefficient (Wildman–Crippen LogP) is 3.65. The van der Waals surface area contributed by atoms with E-state index >= 15 is 0 Å². The third-order valence-corrected chi connectivity index (χ3v) is 4.87. The fourth-order valence-corrected chi connectivity index (χ4v) is 3.32. The summed E-state index contributed by atoms with van der Waals surface area (Å²) in [6.07, 6.45) is 5.93. The van der Waals surface area contributed by atoms with Gasteiger partial charge in [0.25, 0.3) is 5.91 Å². The van der Waals surface area contributed by atoms with Crippen LogP contribution in [0.1, 0.15) is 48.0 Å². The summed E-state index contributed by atoms with van der Waals surface area (Å²) in [6, 6.07) is 17.1. The lowest BCUT2D eigenvalue weighted by molar-refractivity contribution is -0.126. The van der Waals surface area contributed by atoms with Gasteiger partial charge in [0, 0.05) is 17.9 Å². The smallest absolute Gasteiger partial charge is 0.269 e. The van der Waals surface area contributed by atoms with Crippen molar-refractivity contribution in [2.24, 2.45) is 5.92 Å². The van der Waals surface area contributed by atoms with Crippen molar-refractivity contribution in [3.05, 3.63) is 65.7 Å². The zero-order chi connectivity index (χ0) is 18.9. The highest BCUT2D eigenvalue weighted by Gasteiger charge is 2.21. The summed E-state index contributed by atoms with van der Waals surface area (Å²) in [6.45, 7) is 0.535. The number of hydrogen-bond donors (Lipinski definition) is 2. The number of benzene rings is 2. The predicted molar refractivity (Wildman–Crippen MR) is 104 cm³/mol. The Balaban J connectivity index is 1.47. The van der Waals surface area contributed by atoms with Crippen molar-refractivity contribution >= 4 is 11.8 Å². The molecule has 2 amide bonds. The highest BCUT2D eigenvalue weighted by Crippen LogP contribution is 2.23. The van der Waals surface area contributed by atoms with Crippen molar-refractivity contribution in [3.8, 4) is 5.75 Å². The van der Waals surface area contributed by atoms with Crippen LogP contribution in [0.4, 0.5) is 0 Å². The van der Waals surface area contributed by atoms with E-state index in [0.29, 0.717) is 17.9 Å². The number of hydrazine groups is 1. The maximum Gasteiger partial charge on any atom is 0.269 e. The maximum atomic E-state index is 12.3. The lowest BCUT2D eigenvalue weighted by Crippen LogP contribution is -2.44. The number of ether oxygens (including phenoxy) is 1. The van der Waals surface area contributed by atoms with Crippen LogP contribution in [0.2, 0.25) is 0 Å². The van der Waals surface area contributed by atoms with Gasteiger partial charge in [0.2, 0.25) is 5.91 Å². The van der Waals surface area contributed by atoms with E-state index < -0.39 is 0 Å². The molecule has 1 fully saturated rings. The van der Waals surface area contributed by atoms with Crippen LogP contribution < -0.4 is 15.6 Å². The molecule has 3 rings (SSSR count). The lowest BCUT2D eigenvalue weighted by atomic mass is 9.89. The summed E-state index contributed by atoms with van der Waals surface area (Å²) < 4.78 is 5.75. The standard InChI is InChI=1S/C22H26N2O3/c25-21(18-10-5-2-6-11-18)23-24-22(26)19-12-7-13-20(16-19)27-15-14-17-8-3-1-4-9-17/h1,3-4,7-9,12-13,16,18H,2,5-6,10-11,14-15H2,(H,23,25)(H,24,26). The summed E-state index contributed by atoms with van der Waals surface area (Å²) in [5.41, 5.74) is 6.73. The van der Waals surface area contributed by atoms with Gasteiger partial charge < -0.3 is 4.74 Å². The second-order valence-corrected chi connectivity index (χ2v) is 6.89. The van der Waals surface area contributed by atoms with Crippen LogP contribution in [0.5, 0.6) is 5.75 Å². The van der Waals surface area contributed by atoms with E-state index in [1.54, 1.807) is 18.2 Å². The SMILES string of the molecule is O=C(NNC(=O)C1CCCCC1)c1cccc(OCCc2ccccc2)c1. The van der Waals surface area contributed by atoms with E-state index in [2.05, 4.69) is 23.0 Å². The van der Waals surface area contributed by atoms with Crippen LogP contribution in [0, 0.1) is 5.92 Å². The van der Waals surface area contributed by atoms with Gasteiger partial charge in [0.15, 0.2) is 0 Å². The van der Waals surface area contributed by atoms with Crippen molar-refractivity contribution in [1.29, 1.82) is 0 Å². The Hall–Kier alpha value is -2.82. The van der Waals surface area contributed by atoms with Crippen LogP contribution in [0.25, 0.3) is 0 Å². The molecule has 5 heteroatoms. The number of hydrogen-bond acceptors (Lipinski definition) is 3. The van der Waals surface area contributed by atoms with Gasteiger partial charge in [-0.15, -0.1) is 0 Å². The first-order chi connectivity index (χ1) is 13.2. The number of carbonyl (C=O) groups is 2. The molecule has 2 N–H and O–H groups in total. The molecule has 0 aliphatic heterocycles. The molecular formula is C22H26N2O3. The zero-order valence-corrected chi connectivity index (χ0v) is 15.4. The minimum Gasteiger partial charge on any atom is -0.493 e. The molecule has 0 aromatic heterocycles. The molecule has 0 bridgehead atoms. The summed E-state index contributed by atoms with van der Waals surface area (Å²) >= 11 is 0. The molecule has 2 aromatic carbocycles. The van der Waals surface area contributed by atoms with E-state index in [0.717, 1.165) is 32.1 Å². The normalized spacial score (nSPS) is 14.4. The minimum absolute atomic E-state index is 0.00621. The molecule has 0 unspecified atom stereocenters. The van der Waals surface area contributed by atoms with Gasteiger partial charge in [0.1, 0.15) is 5.75 Å². The third kappa shape index (κ3) is 5.84. The van der Waals surface area contributed by atoms with Gasteiger partial charge >= 0.3 is 0 Å². The summed E-state index contributed by atoms with van der Waals surface area (Å²) in [7, 11) is 0. The Morgan fingerprint density at radius 2 is 1.70 bits per heavy atom. The molecule has 2 aromatic rings. The van der Waals surface area contributed by atoms with Crippen LogP contribution in [-0.2, 0) is 11.2 Å². The summed E-state index contributed by atoms with van der Waals surface area (Å²) in [5, 5.41) is 0. The van der Waals surface area contributed by atoms with Gasteiger partial charge in [-0.3, -0.25) is 20.4 Å². The Kier molecular flexibility index (Phi) is 6.85. The van der Waals surface area contributed by atoms with Gasteiger partial charge in [0.05, 0.1) is 6.61 Å². The summed E-state index contributed by atoms with van der Waals surface area (Å²) in [4.78, 5) is 24.4. The van der Waals surface area contributed by atoms with Crippen LogP contribution >= 0.6 is 0 Å². The van der Waals surface area contributed by atoms with Gasteiger partial charge in [-0.2, -0.15) is 0 Å². The fraction of sp³-hybridized carbons (Fsp3) is 0.364. The third-order valence-electron chi connectivity index (χ3n) is 4.87. The highest BCUT2D eigenvalue weighted by atomic mass is 16.5. The molecule has 0 atom stereocenters. The van der Waals surface area contributed by atoms with Crippen molar-refractivity contribution in [2.45, 2.75) is 38.5 Å². The van der Waals surface area contributed by atoms with E-state index in [-0.39, 0.29) is 17.7 Å². The molecule has 1 saturated carbocycles. The van der Waals surface area contributed by atoms with Crippen LogP contribution in [0.3, 0.4) is 0 Å². The Labute approximate surface area is 160 Å². The number of carbonyl (C=O) groups excluding carboxylic acids is 2. The minimum atomic E-state index is -0.340. The quantitative estimate of drug-likeness (QED) is 0.767. The molecule has 27 heavy (non-hydrogen) atoms. The molecule has 0 saturated heterocycles. The number of rotatable bonds is 6. The van der Waals surface area contributed by atoms with E-state index in [1.165, 1.54) is 12.0 Å². The average molecular weight is 366 g/mol. The Morgan fingerprint density at radius 1 is 0.926 bits per heavy atom. The topological polar surface area (TPSA) is 67.4 Å². The first-order valence-electron chi connectivity index (χ1n) is 9.59. The first-order valence-corrected chi connectivity index (χ1v) is 9.59. The monoisotopic (exact) mass is 366 g/mol. The van der Waals surface area contributed by atoms with Crippen molar-refractivity contribution in [3.63, 3.8) is 0 Å². The maximum absolute atomic E-state index is 12.3. The van der Waals surface area contributed by atoms with Gasteiger partial charge in [-0.25, -0.2) is 0 Å². The van der Waals surface area contributed by atoms with Gasteiger partial charge in [-0.1, -0.05) is 55.7 Å². The highest BCUT2D eigenvalue weighted by molar-refractivity contribution is 5.95. The fourth-order valence-electron chi connectivity index (χ4n) is 3.32. The first kappa shape index (κ1) is 19.0. The van der Waals surface area contributed by atoms with Crippen LogP contribution in [-0.4, -0.2) is 18.4 Å². The molecule has 142 valence electrons. The molecule has 0 radical (unpaired) electrons. The Bertz CT molecular complexity index is 755. The largest absolute Gasteiger partial charge is 0.493 e. The van der Waals surface area contributed by atoms with Crippen LogP contribution in [0.15, 0.2) is 54.6 Å². The molecule has 1 aliphatic rings. The number of nitrogens with one attached hydrogen (secondary N) is 2. The number of amides is 2. The molecule has 1 aliphatic carbocycles. The molecule has 5 nitrogen and oxygen atoms in total. The second-order valence-electron chi connectivity index (χ2n) is 6.89. The van der Waals surface area contributed by atoms with E-state index in [9.17, 15) is 9.59 Å². The zero-order valence-electron chi connectivity index (χ0n) is 15.4. The van der Waals surface area contributed by atoms with Crippen molar-refractivity contribution in [2.75, 3.05) is 6.61 Å². The molecule has 0 spiro atoms. The second kappa shape index (κ2) is 9.76. The molecule has 0 heterocycles. The average Bonchev–Trinajstić information content (AvgIpc) is 2.73. The summed E-state index contributed by atoms with van der Waals surface area (Å²) in [5.74, 6) is 0.204. The van der Waals surface area contributed by atoms with Crippen molar-refractivity contribution < 1.29 is 14.3 Å². The van der Waals surface area contributed by atoms with E-state index in [1.807, 2.05) is 24.3 Å². The van der Waals surface area contributed by atoms with Crippen molar-refractivity contribution in [1.82, 2.24) is 10.9 Å².